The highest BCUT2D eigenvalue weighted by Gasteiger charge is 2.08. The number of nitrogens with two attached hydrogens (primary N) is 1. The monoisotopic (exact) mass is 365 g/mol. The van der Waals surface area contributed by atoms with Crippen molar-refractivity contribution in [2.75, 3.05) is 0 Å². The zero-order valence-electron chi connectivity index (χ0n) is 11.5. The van der Waals surface area contributed by atoms with E-state index in [4.69, 9.17) is 5.73 Å². The van der Waals surface area contributed by atoms with Crippen molar-refractivity contribution in [3.63, 3.8) is 0 Å². The SMILES string of the molecule is Cc1ccc(C)c(CC(N)Cc2ccc(I)cc2)c1. The van der Waals surface area contributed by atoms with Crippen LogP contribution in [-0.4, -0.2) is 6.04 Å². The first-order valence-corrected chi connectivity index (χ1v) is 7.68. The quantitative estimate of drug-likeness (QED) is 0.814. The first-order chi connectivity index (χ1) is 9.04. The molecule has 0 fully saturated rings. The van der Waals surface area contributed by atoms with E-state index in [1.807, 2.05) is 0 Å². The summed E-state index contributed by atoms with van der Waals surface area (Å²) < 4.78 is 1.27. The first kappa shape index (κ1) is 14.5. The highest BCUT2D eigenvalue weighted by Crippen LogP contribution is 2.15. The topological polar surface area (TPSA) is 26.0 Å². The summed E-state index contributed by atoms with van der Waals surface area (Å²) in [5.74, 6) is 0. The molecule has 0 spiro atoms. The van der Waals surface area contributed by atoms with Crippen molar-refractivity contribution >= 4 is 22.6 Å². The minimum atomic E-state index is 0.181. The van der Waals surface area contributed by atoms with Gasteiger partial charge in [-0.2, -0.15) is 0 Å². The maximum absolute atomic E-state index is 6.29. The van der Waals surface area contributed by atoms with Crippen LogP contribution in [0.2, 0.25) is 0 Å². The zero-order valence-corrected chi connectivity index (χ0v) is 13.6. The van der Waals surface area contributed by atoms with E-state index >= 15 is 0 Å². The van der Waals surface area contributed by atoms with E-state index < -0.39 is 0 Å². The standard InChI is InChI=1S/C17H20IN/c1-12-3-4-13(2)15(9-12)11-17(19)10-14-5-7-16(18)8-6-14/h3-9,17H,10-11,19H2,1-2H3. The third kappa shape index (κ3) is 4.32. The van der Waals surface area contributed by atoms with Crippen molar-refractivity contribution in [1.29, 1.82) is 0 Å². The molecule has 19 heavy (non-hydrogen) atoms. The summed E-state index contributed by atoms with van der Waals surface area (Å²) in [6, 6.07) is 15.4. The average molecular weight is 365 g/mol. The lowest BCUT2D eigenvalue weighted by Gasteiger charge is -2.14. The second-order valence-electron chi connectivity index (χ2n) is 5.22. The molecular weight excluding hydrogens is 345 g/mol. The largest absolute Gasteiger partial charge is 0.327 e. The van der Waals surface area contributed by atoms with Crippen LogP contribution in [0.4, 0.5) is 0 Å². The van der Waals surface area contributed by atoms with Crippen LogP contribution in [-0.2, 0) is 12.8 Å². The third-order valence-electron chi connectivity index (χ3n) is 3.40. The third-order valence-corrected chi connectivity index (χ3v) is 4.12. The fourth-order valence-electron chi connectivity index (χ4n) is 2.30. The van der Waals surface area contributed by atoms with Crippen molar-refractivity contribution < 1.29 is 0 Å². The van der Waals surface area contributed by atoms with Gasteiger partial charge in [-0.05, 0) is 78.1 Å². The molecule has 1 unspecified atom stereocenters. The van der Waals surface area contributed by atoms with Crippen LogP contribution in [0.15, 0.2) is 42.5 Å². The molecule has 0 aliphatic carbocycles. The molecule has 1 atom stereocenters. The van der Waals surface area contributed by atoms with Crippen LogP contribution in [0.25, 0.3) is 0 Å². The normalized spacial score (nSPS) is 12.4. The second-order valence-corrected chi connectivity index (χ2v) is 6.47. The summed E-state index contributed by atoms with van der Waals surface area (Å²) in [7, 11) is 0. The molecule has 0 bridgehead atoms. The lowest BCUT2D eigenvalue weighted by molar-refractivity contribution is 0.662. The van der Waals surface area contributed by atoms with Crippen LogP contribution >= 0.6 is 22.6 Å². The van der Waals surface area contributed by atoms with Gasteiger partial charge >= 0.3 is 0 Å². The van der Waals surface area contributed by atoms with Gasteiger partial charge < -0.3 is 5.73 Å². The van der Waals surface area contributed by atoms with Gasteiger partial charge in [0.1, 0.15) is 0 Å². The fraction of sp³-hybridized carbons (Fsp3) is 0.294. The van der Waals surface area contributed by atoms with E-state index in [1.54, 1.807) is 0 Å². The molecule has 2 rings (SSSR count). The summed E-state index contributed by atoms with van der Waals surface area (Å²) in [4.78, 5) is 0. The second kappa shape index (κ2) is 6.53. The van der Waals surface area contributed by atoms with Gasteiger partial charge in [0.05, 0.1) is 0 Å². The highest BCUT2D eigenvalue weighted by molar-refractivity contribution is 14.1. The Bertz CT molecular complexity index is 546. The molecule has 0 radical (unpaired) electrons. The molecule has 2 N–H and O–H groups in total. The predicted octanol–water partition coefficient (Wildman–Crippen LogP) is 4.02. The zero-order chi connectivity index (χ0) is 13.8. The van der Waals surface area contributed by atoms with Crippen LogP contribution in [0.5, 0.6) is 0 Å². The predicted molar refractivity (Wildman–Crippen MR) is 90.5 cm³/mol. The Kier molecular flexibility index (Phi) is 4.99. The molecule has 100 valence electrons. The first-order valence-electron chi connectivity index (χ1n) is 6.61. The Morgan fingerprint density at radius 1 is 1.00 bits per heavy atom. The number of hydrogen-bond donors (Lipinski definition) is 1. The Balaban J connectivity index is 2.02. The maximum Gasteiger partial charge on any atom is 0.0130 e. The minimum Gasteiger partial charge on any atom is -0.327 e. The fourth-order valence-corrected chi connectivity index (χ4v) is 2.66. The summed E-state index contributed by atoms with van der Waals surface area (Å²) in [6.07, 6.45) is 1.88. The van der Waals surface area contributed by atoms with Gasteiger partial charge in [-0.25, -0.2) is 0 Å². The Hall–Kier alpha value is -0.870. The van der Waals surface area contributed by atoms with Gasteiger partial charge in [-0.15, -0.1) is 0 Å². The van der Waals surface area contributed by atoms with E-state index in [2.05, 4.69) is 78.9 Å². The van der Waals surface area contributed by atoms with E-state index in [0.29, 0.717) is 0 Å². The summed E-state index contributed by atoms with van der Waals surface area (Å²) in [6.45, 7) is 4.29. The maximum atomic E-state index is 6.29. The van der Waals surface area contributed by atoms with Gasteiger partial charge in [0, 0.05) is 9.61 Å². The lowest BCUT2D eigenvalue weighted by Crippen LogP contribution is -2.25. The smallest absolute Gasteiger partial charge is 0.0130 e. The Morgan fingerprint density at radius 2 is 1.68 bits per heavy atom. The summed E-state index contributed by atoms with van der Waals surface area (Å²) in [5.41, 5.74) is 11.6. The number of rotatable bonds is 4. The number of benzene rings is 2. The van der Waals surface area contributed by atoms with Crippen molar-refractivity contribution in [3.8, 4) is 0 Å². The van der Waals surface area contributed by atoms with Gasteiger partial charge in [-0.1, -0.05) is 35.9 Å². The molecule has 1 nitrogen and oxygen atoms in total. The molecule has 0 aliphatic heterocycles. The van der Waals surface area contributed by atoms with Crippen molar-refractivity contribution in [1.82, 2.24) is 0 Å². The van der Waals surface area contributed by atoms with E-state index in [9.17, 15) is 0 Å². The van der Waals surface area contributed by atoms with Crippen LogP contribution in [0.3, 0.4) is 0 Å². The van der Waals surface area contributed by atoms with E-state index in [0.717, 1.165) is 12.8 Å². The molecule has 0 amide bonds. The van der Waals surface area contributed by atoms with Crippen LogP contribution < -0.4 is 5.73 Å². The summed E-state index contributed by atoms with van der Waals surface area (Å²) in [5, 5.41) is 0. The lowest BCUT2D eigenvalue weighted by atomic mass is 9.96. The highest BCUT2D eigenvalue weighted by atomic mass is 127. The molecule has 2 aromatic carbocycles. The average Bonchev–Trinajstić information content (AvgIpc) is 2.37. The van der Waals surface area contributed by atoms with Gasteiger partial charge in [0.15, 0.2) is 0 Å². The minimum absolute atomic E-state index is 0.181. The Morgan fingerprint density at radius 3 is 2.37 bits per heavy atom. The van der Waals surface area contributed by atoms with Crippen molar-refractivity contribution in [2.45, 2.75) is 32.7 Å². The summed E-state index contributed by atoms with van der Waals surface area (Å²) >= 11 is 2.33. The van der Waals surface area contributed by atoms with E-state index in [1.165, 1.54) is 25.8 Å². The van der Waals surface area contributed by atoms with Crippen LogP contribution in [0.1, 0.15) is 22.3 Å². The molecular formula is C17H20IN. The molecule has 0 aromatic heterocycles. The Labute approximate surface area is 129 Å². The molecule has 0 heterocycles. The van der Waals surface area contributed by atoms with Crippen LogP contribution in [0, 0.1) is 17.4 Å². The van der Waals surface area contributed by atoms with Gasteiger partial charge in [0.2, 0.25) is 0 Å². The van der Waals surface area contributed by atoms with Crippen molar-refractivity contribution in [3.05, 3.63) is 68.3 Å². The molecule has 0 saturated carbocycles. The number of halogens is 1. The number of aryl methyl sites for hydroxylation is 2. The van der Waals surface area contributed by atoms with Crippen molar-refractivity contribution in [2.24, 2.45) is 5.73 Å². The number of hydrogen-bond acceptors (Lipinski definition) is 1. The molecule has 2 aromatic rings. The van der Waals surface area contributed by atoms with E-state index in [-0.39, 0.29) is 6.04 Å². The van der Waals surface area contributed by atoms with Gasteiger partial charge in [-0.3, -0.25) is 0 Å². The molecule has 2 heteroatoms. The molecule has 0 aliphatic rings. The molecule has 0 saturated heterocycles. The van der Waals surface area contributed by atoms with Gasteiger partial charge in [0.25, 0.3) is 0 Å².